The van der Waals surface area contributed by atoms with Gasteiger partial charge in [0.05, 0.1) is 6.54 Å². The summed E-state index contributed by atoms with van der Waals surface area (Å²) in [6.07, 6.45) is 9.60. The highest BCUT2D eigenvalue weighted by Gasteiger charge is 2.20. The zero-order valence-corrected chi connectivity index (χ0v) is 8.25. The van der Waals surface area contributed by atoms with Crippen LogP contribution in [-0.2, 0) is 4.79 Å². The number of hydrogen-bond donors (Lipinski definition) is 0. The SMILES string of the molecule is F[B-](F)(F)F.O=C1C=CC2=CC=CCN2C1. The van der Waals surface area contributed by atoms with Crippen molar-refractivity contribution in [3.05, 3.63) is 36.1 Å². The molecule has 16 heavy (non-hydrogen) atoms. The number of carbonyl (C=O) groups excluding carboxylic acids is 1. The second kappa shape index (κ2) is 5.00. The molecule has 2 aliphatic rings. The molecule has 0 unspecified atom stereocenters. The summed E-state index contributed by atoms with van der Waals surface area (Å²) in [7, 11) is -6.00. The quantitative estimate of drug-likeness (QED) is 0.473. The molecule has 0 aromatic rings. The van der Waals surface area contributed by atoms with Gasteiger partial charge in [0, 0.05) is 12.2 Å². The summed E-state index contributed by atoms with van der Waals surface area (Å²) in [6, 6.07) is 0. The average molecular weight is 234 g/mol. The lowest BCUT2D eigenvalue weighted by molar-refractivity contribution is -0.115. The van der Waals surface area contributed by atoms with Gasteiger partial charge in [0.25, 0.3) is 0 Å². The maximum atomic E-state index is 10.9. The van der Waals surface area contributed by atoms with Gasteiger partial charge >= 0.3 is 7.25 Å². The molecule has 0 fully saturated rings. The number of carbonyl (C=O) groups is 1. The maximum Gasteiger partial charge on any atom is 0.673 e. The highest BCUT2D eigenvalue weighted by molar-refractivity contribution is 6.50. The molecule has 0 aliphatic carbocycles. The van der Waals surface area contributed by atoms with Crippen molar-refractivity contribution in [2.75, 3.05) is 13.1 Å². The van der Waals surface area contributed by atoms with Crippen LogP contribution < -0.4 is 0 Å². The molecule has 2 nitrogen and oxygen atoms in total. The van der Waals surface area contributed by atoms with Crippen LogP contribution in [0, 0.1) is 0 Å². The van der Waals surface area contributed by atoms with E-state index in [9.17, 15) is 22.1 Å². The van der Waals surface area contributed by atoms with Gasteiger partial charge in [-0.25, -0.2) is 0 Å². The molecular weight excluding hydrogens is 225 g/mol. The van der Waals surface area contributed by atoms with Crippen LogP contribution >= 0.6 is 0 Å². The summed E-state index contributed by atoms with van der Waals surface area (Å²) in [6.45, 7) is 1.40. The smallest absolute Gasteiger partial charge is 0.418 e. The van der Waals surface area contributed by atoms with Crippen LogP contribution in [0.15, 0.2) is 36.1 Å². The van der Waals surface area contributed by atoms with Crippen LogP contribution in [0.1, 0.15) is 0 Å². The fraction of sp³-hybridized carbons (Fsp3) is 0.222. The van der Waals surface area contributed by atoms with E-state index in [1.54, 1.807) is 6.08 Å². The molecule has 2 rings (SSSR count). The van der Waals surface area contributed by atoms with Crippen molar-refractivity contribution in [3.8, 4) is 0 Å². The second-order valence-electron chi connectivity index (χ2n) is 3.19. The molecule has 7 heteroatoms. The van der Waals surface area contributed by atoms with E-state index >= 15 is 0 Å². The van der Waals surface area contributed by atoms with Crippen molar-refractivity contribution < 1.29 is 22.1 Å². The largest absolute Gasteiger partial charge is 0.673 e. The number of ketones is 1. The lowest BCUT2D eigenvalue weighted by atomic mass is 10.1. The van der Waals surface area contributed by atoms with Crippen molar-refractivity contribution >= 4 is 13.0 Å². The normalized spacial score (nSPS) is 18.6. The third-order valence-electron chi connectivity index (χ3n) is 1.88. The summed E-state index contributed by atoms with van der Waals surface area (Å²) in [5, 5.41) is 0. The van der Waals surface area contributed by atoms with Gasteiger partial charge in [-0.05, 0) is 18.2 Å². The molecular formula is C9H9BF4NO-. The van der Waals surface area contributed by atoms with Gasteiger partial charge in [-0.2, -0.15) is 0 Å². The Morgan fingerprint density at radius 3 is 2.44 bits per heavy atom. The minimum atomic E-state index is -6.00. The first-order valence-electron chi connectivity index (χ1n) is 4.56. The first-order chi connectivity index (χ1) is 7.36. The Hall–Kier alpha value is -1.53. The monoisotopic (exact) mass is 234 g/mol. The summed E-state index contributed by atoms with van der Waals surface area (Å²) >= 11 is 0. The van der Waals surface area contributed by atoms with E-state index in [1.165, 1.54) is 0 Å². The zero-order chi connectivity index (χ0) is 12.2. The Labute approximate surface area is 90.0 Å². The number of halogens is 4. The summed E-state index contributed by atoms with van der Waals surface area (Å²) < 4.78 is 39.0. The lowest BCUT2D eigenvalue weighted by Crippen LogP contribution is -2.32. The zero-order valence-electron chi connectivity index (χ0n) is 8.25. The van der Waals surface area contributed by atoms with Crippen LogP contribution in [0.2, 0.25) is 0 Å². The van der Waals surface area contributed by atoms with Gasteiger partial charge in [-0.15, -0.1) is 0 Å². The van der Waals surface area contributed by atoms with Crippen LogP contribution in [0.25, 0.3) is 0 Å². The Kier molecular flexibility index (Phi) is 3.92. The molecule has 2 aliphatic heterocycles. The first-order valence-corrected chi connectivity index (χ1v) is 4.56. The first kappa shape index (κ1) is 12.5. The molecule has 2 heterocycles. The molecule has 88 valence electrons. The van der Waals surface area contributed by atoms with Crippen molar-refractivity contribution in [2.24, 2.45) is 0 Å². The average Bonchev–Trinajstić information content (AvgIpc) is 2.15. The number of nitrogens with zero attached hydrogens (tertiary/aromatic N) is 1. The van der Waals surface area contributed by atoms with Crippen LogP contribution in [0.5, 0.6) is 0 Å². The predicted molar refractivity (Wildman–Crippen MR) is 53.1 cm³/mol. The van der Waals surface area contributed by atoms with Crippen LogP contribution in [0.3, 0.4) is 0 Å². The Bertz CT molecular complexity index is 353. The standard InChI is InChI=1S/C9H9NO.BF4/c11-9-5-4-8-3-1-2-6-10(8)7-9;2-1(3,4)5/h1-5H,6-7H2;/q;-1. The number of allylic oxidation sites excluding steroid dienone is 3. The lowest BCUT2D eigenvalue weighted by Gasteiger charge is -2.27. The molecule has 0 aromatic carbocycles. The van der Waals surface area contributed by atoms with Gasteiger partial charge in [-0.3, -0.25) is 4.79 Å². The molecule has 0 N–H and O–H groups in total. The van der Waals surface area contributed by atoms with Gasteiger partial charge in [-0.1, -0.05) is 12.2 Å². The Balaban J connectivity index is 0.000000221. The van der Waals surface area contributed by atoms with Gasteiger partial charge in [0.1, 0.15) is 0 Å². The highest BCUT2D eigenvalue weighted by atomic mass is 19.5. The minimum Gasteiger partial charge on any atom is -0.418 e. The van der Waals surface area contributed by atoms with Crippen molar-refractivity contribution in [2.45, 2.75) is 0 Å². The van der Waals surface area contributed by atoms with E-state index in [1.807, 2.05) is 18.2 Å². The van der Waals surface area contributed by atoms with Gasteiger partial charge in [0.15, 0.2) is 5.78 Å². The maximum absolute atomic E-state index is 10.9. The molecule has 0 spiro atoms. The number of fused-ring (bicyclic) bond motifs is 1. The predicted octanol–water partition coefficient (Wildman–Crippen LogP) is 2.18. The third-order valence-corrected chi connectivity index (χ3v) is 1.88. The number of hydrogen-bond acceptors (Lipinski definition) is 2. The minimum absolute atomic E-state index is 0.192. The summed E-state index contributed by atoms with van der Waals surface area (Å²) in [5.41, 5.74) is 1.15. The van der Waals surface area contributed by atoms with Crippen molar-refractivity contribution in [1.29, 1.82) is 0 Å². The molecule has 0 saturated heterocycles. The van der Waals surface area contributed by atoms with Crippen molar-refractivity contribution in [1.82, 2.24) is 4.90 Å². The van der Waals surface area contributed by atoms with Crippen LogP contribution in [0.4, 0.5) is 17.3 Å². The van der Waals surface area contributed by atoms with Crippen molar-refractivity contribution in [3.63, 3.8) is 0 Å². The van der Waals surface area contributed by atoms with E-state index in [2.05, 4.69) is 11.0 Å². The number of rotatable bonds is 0. The Morgan fingerprint density at radius 1 is 1.19 bits per heavy atom. The summed E-state index contributed by atoms with van der Waals surface area (Å²) in [4.78, 5) is 13.0. The fourth-order valence-electron chi connectivity index (χ4n) is 1.30. The molecule has 0 amide bonds. The fourth-order valence-corrected chi connectivity index (χ4v) is 1.30. The van der Waals surface area contributed by atoms with E-state index in [0.717, 1.165) is 12.2 Å². The topological polar surface area (TPSA) is 20.3 Å². The molecule has 0 aromatic heterocycles. The van der Waals surface area contributed by atoms with E-state index in [-0.39, 0.29) is 5.78 Å². The van der Waals surface area contributed by atoms with E-state index < -0.39 is 7.25 Å². The second-order valence-corrected chi connectivity index (χ2v) is 3.19. The van der Waals surface area contributed by atoms with E-state index in [4.69, 9.17) is 0 Å². The molecule has 0 atom stereocenters. The van der Waals surface area contributed by atoms with Crippen LogP contribution in [-0.4, -0.2) is 31.0 Å². The van der Waals surface area contributed by atoms with E-state index in [0.29, 0.717) is 6.54 Å². The molecule has 0 saturated carbocycles. The summed E-state index contributed by atoms with van der Waals surface area (Å²) in [5.74, 6) is 0.192. The van der Waals surface area contributed by atoms with Gasteiger partial charge < -0.3 is 22.2 Å². The third kappa shape index (κ3) is 4.81. The van der Waals surface area contributed by atoms with Gasteiger partial charge in [0.2, 0.25) is 0 Å². The highest BCUT2D eigenvalue weighted by Crippen LogP contribution is 2.14. The Morgan fingerprint density at radius 2 is 1.81 bits per heavy atom. The molecule has 0 bridgehead atoms. The molecule has 0 radical (unpaired) electrons.